The van der Waals surface area contributed by atoms with Crippen molar-refractivity contribution in [3.8, 4) is 0 Å². The van der Waals surface area contributed by atoms with E-state index in [2.05, 4.69) is 21.2 Å². The number of allylic oxidation sites excluding steroid dienone is 1. The molecule has 0 radical (unpaired) electrons. The zero-order chi connectivity index (χ0) is 18.8. The summed E-state index contributed by atoms with van der Waals surface area (Å²) in [5.41, 5.74) is 0.159. The highest BCUT2D eigenvalue weighted by molar-refractivity contribution is 9.15. The number of rotatable bonds is 3. The number of alkyl carbamates (subject to hydrolysis) is 1. The number of halogens is 1. The van der Waals surface area contributed by atoms with Crippen LogP contribution in [0.4, 0.5) is 10.5 Å². The molecule has 25 heavy (non-hydrogen) atoms. The van der Waals surface area contributed by atoms with Gasteiger partial charge in [-0.1, -0.05) is 24.3 Å². The molecule has 0 bridgehead atoms. The van der Waals surface area contributed by atoms with Gasteiger partial charge in [0.2, 0.25) is 0 Å². The lowest BCUT2D eigenvalue weighted by atomic mass is 10.0. The Hall–Kier alpha value is -2.41. The second kappa shape index (κ2) is 7.23. The van der Waals surface area contributed by atoms with Crippen LogP contribution in [-0.2, 0) is 4.74 Å². The molecule has 7 heteroatoms. The van der Waals surface area contributed by atoms with Crippen LogP contribution in [0.2, 0.25) is 0 Å². The number of nitro benzene ring substituents is 1. The Morgan fingerprint density at radius 3 is 2.44 bits per heavy atom. The van der Waals surface area contributed by atoms with Gasteiger partial charge in [0.15, 0.2) is 0 Å². The van der Waals surface area contributed by atoms with E-state index in [0.717, 1.165) is 5.39 Å². The molecular formula is C18H19BrN2O4. The number of ether oxygens (including phenoxy) is 1. The number of nitrogens with zero attached hydrogens (tertiary/aromatic N) is 1. The van der Waals surface area contributed by atoms with E-state index in [1.54, 1.807) is 52.0 Å². The molecule has 0 aromatic heterocycles. The Morgan fingerprint density at radius 1 is 1.20 bits per heavy atom. The molecule has 0 aliphatic rings. The zero-order valence-corrected chi connectivity index (χ0v) is 16.0. The lowest BCUT2D eigenvalue weighted by Crippen LogP contribution is -2.31. The number of carbonyl (C=O) groups excluding carboxylic acids is 1. The lowest BCUT2D eigenvalue weighted by molar-refractivity contribution is -0.383. The molecule has 0 aliphatic heterocycles. The molecule has 0 aliphatic carbocycles. The van der Waals surface area contributed by atoms with Crippen LogP contribution in [0.15, 0.2) is 42.1 Å². The molecule has 0 spiro atoms. The summed E-state index contributed by atoms with van der Waals surface area (Å²) in [5, 5.41) is 15.5. The highest BCUT2D eigenvalue weighted by atomic mass is 79.9. The molecule has 2 rings (SSSR count). The quantitative estimate of drug-likeness (QED) is 0.549. The molecule has 132 valence electrons. The van der Waals surface area contributed by atoms with Gasteiger partial charge in [-0.05, 0) is 61.1 Å². The first kappa shape index (κ1) is 18.9. The topological polar surface area (TPSA) is 81.5 Å². The van der Waals surface area contributed by atoms with E-state index in [1.165, 1.54) is 0 Å². The Balaban J connectivity index is 2.47. The summed E-state index contributed by atoms with van der Waals surface area (Å²) < 4.78 is 5.63. The van der Waals surface area contributed by atoms with Gasteiger partial charge < -0.3 is 4.74 Å². The fourth-order valence-corrected chi connectivity index (χ4v) is 2.76. The molecule has 0 atom stereocenters. The van der Waals surface area contributed by atoms with Crippen LogP contribution in [0, 0.1) is 10.1 Å². The van der Waals surface area contributed by atoms with Gasteiger partial charge in [0.25, 0.3) is 5.69 Å². The van der Waals surface area contributed by atoms with E-state index in [0.29, 0.717) is 21.1 Å². The average molecular weight is 407 g/mol. The Morgan fingerprint density at radius 2 is 1.84 bits per heavy atom. The first-order valence-electron chi connectivity index (χ1n) is 7.63. The first-order chi connectivity index (χ1) is 11.6. The van der Waals surface area contributed by atoms with E-state index >= 15 is 0 Å². The summed E-state index contributed by atoms with van der Waals surface area (Å²) in [6.07, 6.45) is -0.620. The first-order valence-corrected chi connectivity index (χ1v) is 8.42. The maximum Gasteiger partial charge on any atom is 0.411 e. The van der Waals surface area contributed by atoms with E-state index < -0.39 is 16.6 Å². The summed E-state index contributed by atoms with van der Waals surface area (Å²) in [6, 6.07) is 10.6. The number of hydrogen-bond acceptors (Lipinski definition) is 4. The van der Waals surface area contributed by atoms with Crippen LogP contribution < -0.4 is 5.32 Å². The number of benzene rings is 2. The summed E-state index contributed by atoms with van der Waals surface area (Å²) in [4.78, 5) is 23.1. The minimum Gasteiger partial charge on any atom is -0.444 e. The molecule has 2 aromatic rings. The van der Waals surface area contributed by atoms with E-state index in [-0.39, 0.29) is 5.69 Å². The zero-order valence-electron chi connectivity index (χ0n) is 14.4. The second-order valence-electron chi connectivity index (χ2n) is 6.51. The second-order valence-corrected chi connectivity index (χ2v) is 7.30. The Kier molecular flexibility index (Phi) is 5.47. The van der Waals surface area contributed by atoms with Crippen LogP contribution in [0.5, 0.6) is 0 Å². The standard InChI is InChI=1S/C18H19BrN2O4/c1-11(20-17(22)25-18(2,3)4)15(19)14-10-9-12-7-5-6-8-13(12)16(14)21(23)24/h5-10H,1-4H3,(H,20,22)/b15-11-. The molecule has 0 heterocycles. The van der Waals surface area contributed by atoms with Crippen molar-refractivity contribution < 1.29 is 14.5 Å². The number of nitrogens with one attached hydrogen (secondary N) is 1. The van der Waals surface area contributed by atoms with Crippen molar-refractivity contribution in [3.05, 3.63) is 57.8 Å². The van der Waals surface area contributed by atoms with Crippen molar-refractivity contribution in [2.45, 2.75) is 33.3 Å². The van der Waals surface area contributed by atoms with Crippen LogP contribution >= 0.6 is 15.9 Å². The normalized spacial score (nSPS) is 12.5. The SMILES string of the molecule is C/C(NC(=O)OC(C)(C)C)=C(/Br)c1ccc2ccccc2c1[N+](=O)[O-]. The van der Waals surface area contributed by atoms with Gasteiger partial charge >= 0.3 is 6.09 Å². The largest absolute Gasteiger partial charge is 0.444 e. The van der Waals surface area contributed by atoms with Gasteiger partial charge in [-0.3, -0.25) is 15.4 Å². The molecule has 0 saturated carbocycles. The monoisotopic (exact) mass is 406 g/mol. The summed E-state index contributed by atoms with van der Waals surface area (Å²) in [6.45, 7) is 6.92. The van der Waals surface area contributed by atoms with Crippen LogP contribution in [-0.4, -0.2) is 16.6 Å². The van der Waals surface area contributed by atoms with Crippen molar-refractivity contribution in [2.24, 2.45) is 0 Å². The van der Waals surface area contributed by atoms with Crippen LogP contribution in [0.1, 0.15) is 33.3 Å². The van der Waals surface area contributed by atoms with Crippen LogP contribution in [0.25, 0.3) is 15.3 Å². The van der Waals surface area contributed by atoms with E-state index in [4.69, 9.17) is 4.74 Å². The maximum atomic E-state index is 11.9. The van der Waals surface area contributed by atoms with Crippen LogP contribution in [0.3, 0.4) is 0 Å². The number of amides is 1. The van der Waals surface area contributed by atoms with Gasteiger partial charge in [0, 0.05) is 5.70 Å². The molecule has 0 saturated heterocycles. The molecule has 0 unspecified atom stereocenters. The minimum absolute atomic E-state index is 0.0182. The predicted octanol–water partition coefficient (Wildman–Crippen LogP) is 5.36. The van der Waals surface area contributed by atoms with E-state index in [1.807, 2.05) is 12.1 Å². The molecule has 1 N–H and O–H groups in total. The van der Waals surface area contributed by atoms with Gasteiger partial charge in [-0.25, -0.2) is 4.79 Å². The fourth-order valence-electron chi connectivity index (χ4n) is 2.34. The van der Waals surface area contributed by atoms with Gasteiger partial charge in [-0.15, -0.1) is 0 Å². The van der Waals surface area contributed by atoms with E-state index in [9.17, 15) is 14.9 Å². The lowest BCUT2D eigenvalue weighted by Gasteiger charge is -2.20. The summed E-state index contributed by atoms with van der Waals surface area (Å²) >= 11 is 3.37. The summed E-state index contributed by atoms with van der Waals surface area (Å²) in [5.74, 6) is 0. The van der Waals surface area contributed by atoms with Gasteiger partial charge in [0.05, 0.1) is 20.4 Å². The number of carbonyl (C=O) groups is 1. The van der Waals surface area contributed by atoms with Gasteiger partial charge in [0.1, 0.15) is 5.60 Å². The van der Waals surface area contributed by atoms with Crippen molar-refractivity contribution in [2.75, 3.05) is 0 Å². The summed E-state index contributed by atoms with van der Waals surface area (Å²) in [7, 11) is 0. The fraction of sp³-hybridized carbons (Fsp3) is 0.278. The molecule has 2 aromatic carbocycles. The third-order valence-electron chi connectivity index (χ3n) is 3.34. The average Bonchev–Trinajstić information content (AvgIpc) is 2.50. The highest BCUT2D eigenvalue weighted by Gasteiger charge is 2.22. The minimum atomic E-state index is -0.633. The molecule has 0 fully saturated rings. The number of fused-ring (bicyclic) bond motifs is 1. The predicted molar refractivity (Wildman–Crippen MR) is 101 cm³/mol. The van der Waals surface area contributed by atoms with Crippen molar-refractivity contribution in [1.82, 2.24) is 5.32 Å². The smallest absolute Gasteiger partial charge is 0.411 e. The van der Waals surface area contributed by atoms with Gasteiger partial charge in [-0.2, -0.15) is 0 Å². The molecular weight excluding hydrogens is 388 g/mol. The third kappa shape index (κ3) is 4.57. The third-order valence-corrected chi connectivity index (χ3v) is 4.36. The Bertz CT molecular complexity index is 869. The number of nitro groups is 1. The number of hydrogen-bond donors (Lipinski definition) is 1. The molecule has 1 amide bonds. The maximum absolute atomic E-state index is 11.9. The highest BCUT2D eigenvalue weighted by Crippen LogP contribution is 2.37. The Labute approximate surface area is 154 Å². The van der Waals surface area contributed by atoms with Crippen molar-refractivity contribution >= 4 is 43.0 Å². The molecule has 6 nitrogen and oxygen atoms in total. The van der Waals surface area contributed by atoms with Crippen molar-refractivity contribution in [1.29, 1.82) is 0 Å². The van der Waals surface area contributed by atoms with Crippen molar-refractivity contribution in [3.63, 3.8) is 0 Å².